The van der Waals surface area contributed by atoms with Crippen LogP contribution >= 0.6 is 22.9 Å². The van der Waals surface area contributed by atoms with Gasteiger partial charge < -0.3 is 9.84 Å². The van der Waals surface area contributed by atoms with Crippen molar-refractivity contribution in [2.24, 2.45) is 5.92 Å². The number of hydrogen-bond acceptors (Lipinski definition) is 3. The molecule has 2 nitrogen and oxygen atoms in total. The molecule has 1 aromatic rings. The zero-order chi connectivity index (χ0) is 10.2. The van der Waals surface area contributed by atoms with Crippen LogP contribution in [0.2, 0.25) is 4.34 Å². The van der Waals surface area contributed by atoms with Crippen LogP contribution < -0.4 is 0 Å². The van der Waals surface area contributed by atoms with Gasteiger partial charge in [-0.05, 0) is 30.9 Å². The molecular weight excluding hydrogens is 220 g/mol. The normalized spacial score (nSPS) is 20.8. The third kappa shape index (κ3) is 1.82. The van der Waals surface area contributed by atoms with Gasteiger partial charge in [0.25, 0.3) is 0 Å². The van der Waals surface area contributed by atoms with Crippen molar-refractivity contribution in [1.82, 2.24) is 0 Å². The van der Waals surface area contributed by atoms with Crippen molar-refractivity contribution in [1.29, 1.82) is 0 Å². The number of hydrogen-bond donors (Lipinski definition) is 1. The quantitative estimate of drug-likeness (QED) is 0.865. The molecule has 78 valence electrons. The summed E-state index contributed by atoms with van der Waals surface area (Å²) in [4.78, 5) is 0.923. The average molecular weight is 233 g/mol. The van der Waals surface area contributed by atoms with Crippen LogP contribution in [0.25, 0.3) is 0 Å². The van der Waals surface area contributed by atoms with Crippen molar-refractivity contribution < 1.29 is 9.84 Å². The SMILES string of the molecule is COCC(O)(c1ccc(Cl)s1)C1CC1. The smallest absolute Gasteiger partial charge is 0.125 e. The molecule has 1 unspecified atom stereocenters. The van der Waals surface area contributed by atoms with Crippen LogP contribution in [0.1, 0.15) is 17.7 Å². The number of methoxy groups -OCH3 is 1. The van der Waals surface area contributed by atoms with E-state index in [0.29, 0.717) is 12.5 Å². The molecule has 1 saturated carbocycles. The highest BCUT2D eigenvalue weighted by Crippen LogP contribution is 2.48. The molecule has 1 atom stereocenters. The molecule has 4 heteroatoms. The van der Waals surface area contributed by atoms with E-state index in [0.717, 1.165) is 22.1 Å². The standard InChI is InChI=1S/C10H13ClO2S/c1-13-6-10(12,7-2-3-7)8-4-5-9(11)14-8/h4-5,7,12H,2-3,6H2,1H3. The van der Waals surface area contributed by atoms with Gasteiger partial charge in [0.1, 0.15) is 5.60 Å². The van der Waals surface area contributed by atoms with Gasteiger partial charge in [-0.2, -0.15) is 0 Å². The second kappa shape index (κ2) is 3.81. The lowest BCUT2D eigenvalue weighted by atomic mass is 9.97. The molecule has 1 aliphatic carbocycles. The Morgan fingerprint density at radius 3 is 2.79 bits per heavy atom. The Bertz CT molecular complexity index is 322. The molecule has 0 spiro atoms. The topological polar surface area (TPSA) is 29.5 Å². The number of rotatable bonds is 4. The van der Waals surface area contributed by atoms with Gasteiger partial charge in [-0.3, -0.25) is 0 Å². The highest BCUT2D eigenvalue weighted by Gasteiger charge is 2.46. The van der Waals surface area contributed by atoms with E-state index >= 15 is 0 Å². The van der Waals surface area contributed by atoms with Gasteiger partial charge in [-0.25, -0.2) is 0 Å². The van der Waals surface area contributed by atoms with Crippen LogP contribution in [0.4, 0.5) is 0 Å². The van der Waals surface area contributed by atoms with Gasteiger partial charge in [-0.15, -0.1) is 11.3 Å². The Morgan fingerprint density at radius 1 is 1.64 bits per heavy atom. The molecule has 1 aromatic heterocycles. The lowest BCUT2D eigenvalue weighted by Gasteiger charge is -2.25. The maximum Gasteiger partial charge on any atom is 0.125 e. The minimum absolute atomic E-state index is 0.345. The van der Waals surface area contributed by atoms with E-state index in [1.54, 1.807) is 7.11 Å². The number of thiophene rings is 1. The van der Waals surface area contributed by atoms with Gasteiger partial charge in [0.05, 0.1) is 10.9 Å². The van der Waals surface area contributed by atoms with E-state index in [-0.39, 0.29) is 0 Å². The summed E-state index contributed by atoms with van der Waals surface area (Å²) in [6.45, 7) is 0.356. The fourth-order valence-electron chi connectivity index (χ4n) is 1.72. The molecular formula is C10H13ClO2S. The monoisotopic (exact) mass is 232 g/mol. The molecule has 14 heavy (non-hydrogen) atoms. The van der Waals surface area contributed by atoms with Gasteiger partial charge in [0.15, 0.2) is 0 Å². The van der Waals surface area contributed by atoms with E-state index in [9.17, 15) is 5.11 Å². The Balaban J connectivity index is 2.25. The first-order valence-corrected chi connectivity index (χ1v) is 5.83. The molecule has 0 saturated heterocycles. The van der Waals surface area contributed by atoms with Crippen molar-refractivity contribution in [2.45, 2.75) is 18.4 Å². The predicted octanol–water partition coefficient (Wildman–Crippen LogP) is 2.65. The number of halogens is 1. The third-order valence-electron chi connectivity index (χ3n) is 2.62. The largest absolute Gasteiger partial charge is 0.382 e. The fraction of sp³-hybridized carbons (Fsp3) is 0.600. The summed E-state index contributed by atoms with van der Waals surface area (Å²) < 4.78 is 5.80. The predicted molar refractivity (Wildman–Crippen MR) is 57.8 cm³/mol. The molecule has 0 aliphatic heterocycles. The fourth-order valence-corrected chi connectivity index (χ4v) is 2.92. The van der Waals surface area contributed by atoms with Crippen molar-refractivity contribution in [3.8, 4) is 0 Å². The van der Waals surface area contributed by atoms with Crippen LogP contribution in [-0.2, 0) is 10.3 Å². The van der Waals surface area contributed by atoms with Crippen molar-refractivity contribution in [2.75, 3.05) is 13.7 Å². The van der Waals surface area contributed by atoms with Crippen molar-refractivity contribution in [3.05, 3.63) is 21.3 Å². The van der Waals surface area contributed by atoms with Crippen molar-refractivity contribution >= 4 is 22.9 Å². The molecule has 1 fully saturated rings. The lowest BCUT2D eigenvalue weighted by molar-refractivity contribution is -0.0505. The first-order chi connectivity index (χ1) is 6.66. The van der Waals surface area contributed by atoms with E-state index in [1.807, 2.05) is 12.1 Å². The highest BCUT2D eigenvalue weighted by molar-refractivity contribution is 7.16. The summed E-state index contributed by atoms with van der Waals surface area (Å²) in [5.41, 5.74) is -0.813. The second-order valence-electron chi connectivity index (χ2n) is 3.74. The Morgan fingerprint density at radius 2 is 2.36 bits per heavy atom. The summed E-state index contributed by atoms with van der Waals surface area (Å²) in [5, 5.41) is 10.5. The summed E-state index contributed by atoms with van der Waals surface area (Å²) in [6, 6.07) is 3.72. The molecule has 0 bridgehead atoms. The molecule has 0 radical (unpaired) electrons. The molecule has 0 amide bonds. The molecule has 1 heterocycles. The second-order valence-corrected chi connectivity index (χ2v) is 5.45. The third-order valence-corrected chi connectivity index (χ3v) is 4.01. The van der Waals surface area contributed by atoms with E-state index in [2.05, 4.69) is 0 Å². The van der Waals surface area contributed by atoms with Crippen LogP contribution in [-0.4, -0.2) is 18.8 Å². The lowest BCUT2D eigenvalue weighted by Crippen LogP contribution is -2.32. The van der Waals surface area contributed by atoms with E-state index in [4.69, 9.17) is 16.3 Å². The summed E-state index contributed by atoms with van der Waals surface area (Å²) >= 11 is 7.30. The number of aliphatic hydroxyl groups is 1. The molecule has 1 aliphatic rings. The summed E-state index contributed by atoms with van der Waals surface area (Å²) in [6.07, 6.45) is 2.16. The maximum atomic E-state index is 10.5. The minimum Gasteiger partial charge on any atom is -0.382 e. The maximum absolute atomic E-state index is 10.5. The summed E-state index contributed by atoms with van der Waals surface area (Å²) in [7, 11) is 1.61. The van der Waals surface area contributed by atoms with Gasteiger partial charge >= 0.3 is 0 Å². The van der Waals surface area contributed by atoms with Gasteiger partial charge in [-0.1, -0.05) is 11.6 Å². The van der Waals surface area contributed by atoms with Crippen molar-refractivity contribution in [3.63, 3.8) is 0 Å². The first kappa shape index (κ1) is 10.4. The number of ether oxygens (including phenoxy) is 1. The van der Waals surface area contributed by atoms with E-state index in [1.165, 1.54) is 11.3 Å². The zero-order valence-corrected chi connectivity index (χ0v) is 9.57. The van der Waals surface area contributed by atoms with Crippen LogP contribution in [0, 0.1) is 5.92 Å². The van der Waals surface area contributed by atoms with E-state index < -0.39 is 5.60 Å². The minimum atomic E-state index is -0.813. The molecule has 1 N–H and O–H groups in total. The Kier molecular flexibility index (Phi) is 2.84. The Hall–Kier alpha value is -0.0900. The van der Waals surface area contributed by atoms with Crippen LogP contribution in [0.5, 0.6) is 0 Å². The molecule has 0 aromatic carbocycles. The van der Waals surface area contributed by atoms with Crippen LogP contribution in [0.3, 0.4) is 0 Å². The van der Waals surface area contributed by atoms with Gasteiger partial charge in [0.2, 0.25) is 0 Å². The molecule has 2 rings (SSSR count). The first-order valence-electron chi connectivity index (χ1n) is 4.64. The summed E-state index contributed by atoms with van der Waals surface area (Å²) in [5.74, 6) is 0.345. The average Bonchev–Trinajstić information content (AvgIpc) is 2.90. The highest BCUT2D eigenvalue weighted by atomic mass is 35.5. The van der Waals surface area contributed by atoms with Crippen LogP contribution in [0.15, 0.2) is 12.1 Å². The Labute approximate surface area is 92.5 Å². The zero-order valence-electron chi connectivity index (χ0n) is 8.00. The van der Waals surface area contributed by atoms with Gasteiger partial charge in [0, 0.05) is 12.0 Å².